The minimum absolute atomic E-state index is 0.185. The molecule has 1 saturated carbocycles. The van der Waals surface area contributed by atoms with Crippen LogP contribution in [-0.2, 0) is 6.54 Å². The number of aryl methyl sites for hydroxylation is 1. The van der Waals surface area contributed by atoms with E-state index in [0.29, 0.717) is 30.2 Å². The molecular formula is C16H20N4O3. The number of nitrogens with zero attached hydrogens (tertiary/aromatic N) is 2. The average Bonchev–Trinajstić information content (AvgIpc) is 3.36. The van der Waals surface area contributed by atoms with Gasteiger partial charge in [-0.3, -0.25) is 19.1 Å². The number of aromatic amines is 1. The summed E-state index contributed by atoms with van der Waals surface area (Å²) in [5.41, 5.74) is 0.323. The van der Waals surface area contributed by atoms with Crippen molar-refractivity contribution in [2.45, 2.75) is 45.6 Å². The molecule has 2 heterocycles. The molecule has 2 aromatic heterocycles. The third-order valence-electron chi connectivity index (χ3n) is 4.06. The second kappa shape index (κ2) is 5.98. The van der Waals surface area contributed by atoms with Gasteiger partial charge in [-0.25, -0.2) is 9.78 Å². The highest BCUT2D eigenvalue weighted by molar-refractivity contribution is 6.05. The summed E-state index contributed by atoms with van der Waals surface area (Å²) in [7, 11) is 0. The van der Waals surface area contributed by atoms with Crippen molar-refractivity contribution in [3.8, 4) is 0 Å². The van der Waals surface area contributed by atoms with Crippen LogP contribution < -0.4 is 16.6 Å². The van der Waals surface area contributed by atoms with E-state index in [2.05, 4.69) is 15.3 Å². The van der Waals surface area contributed by atoms with E-state index in [1.165, 1.54) is 4.57 Å². The number of fused-ring (bicyclic) bond motifs is 1. The predicted octanol–water partition coefficient (Wildman–Crippen LogP) is 1.12. The van der Waals surface area contributed by atoms with Crippen LogP contribution in [0.25, 0.3) is 11.0 Å². The molecule has 2 aromatic rings. The highest BCUT2D eigenvalue weighted by atomic mass is 16.2. The van der Waals surface area contributed by atoms with E-state index in [1.807, 2.05) is 13.8 Å². The van der Waals surface area contributed by atoms with Crippen LogP contribution in [0, 0.1) is 0 Å². The zero-order valence-electron chi connectivity index (χ0n) is 13.3. The number of nitrogens with one attached hydrogen (secondary N) is 2. The molecule has 2 N–H and O–H groups in total. The fourth-order valence-electron chi connectivity index (χ4n) is 2.69. The van der Waals surface area contributed by atoms with Crippen molar-refractivity contribution in [3.05, 3.63) is 38.2 Å². The van der Waals surface area contributed by atoms with Gasteiger partial charge in [0.05, 0.1) is 10.9 Å². The quantitative estimate of drug-likeness (QED) is 0.864. The predicted molar refractivity (Wildman–Crippen MR) is 86.9 cm³/mol. The van der Waals surface area contributed by atoms with Gasteiger partial charge in [0.15, 0.2) is 5.65 Å². The molecule has 0 bridgehead atoms. The molecular weight excluding hydrogens is 296 g/mol. The van der Waals surface area contributed by atoms with Gasteiger partial charge < -0.3 is 5.32 Å². The zero-order chi connectivity index (χ0) is 16.6. The second-order valence-electron chi connectivity index (χ2n) is 5.83. The summed E-state index contributed by atoms with van der Waals surface area (Å²) >= 11 is 0. The summed E-state index contributed by atoms with van der Waals surface area (Å²) in [5.74, 6) is 0.0183. The molecule has 3 rings (SSSR count). The largest absolute Gasteiger partial charge is 0.352 e. The molecule has 1 aliphatic rings. The Kier molecular flexibility index (Phi) is 4.02. The van der Waals surface area contributed by atoms with Crippen molar-refractivity contribution < 1.29 is 4.79 Å². The van der Waals surface area contributed by atoms with Crippen molar-refractivity contribution in [3.63, 3.8) is 0 Å². The topological polar surface area (TPSA) is 96.8 Å². The van der Waals surface area contributed by atoms with Crippen molar-refractivity contribution in [2.75, 3.05) is 6.54 Å². The van der Waals surface area contributed by atoms with Crippen molar-refractivity contribution in [1.29, 1.82) is 0 Å². The first-order chi connectivity index (χ1) is 11.1. The highest BCUT2D eigenvalue weighted by Crippen LogP contribution is 2.39. The maximum atomic E-state index is 12.5. The lowest BCUT2D eigenvalue weighted by molar-refractivity contribution is 0.0955. The molecule has 7 nitrogen and oxygen atoms in total. The Morgan fingerprint density at radius 3 is 2.74 bits per heavy atom. The van der Waals surface area contributed by atoms with E-state index >= 15 is 0 Å². The van der Waals surface area contributed by atoms with Crippen LogP contribution in [-0.4, -0.2) is 27.0 Å². The molecule has 0 radical (unpaired) electrons. The van der Waals surface area contributed by atoms with E-state index in [1.54, 1.807) is 6.07 Å². The van der Waals surface area contributed by atoms with Gasteiger partial charge in [0.2, 0.25) is 0 Å². The Labute approximate surface area is 132 Å². The van der Waals surface area contributed by atoms with Crippen LogP contribution in [0.15, 0.2) is 15.7 Å². The lowest BCUT2D eigenvalue weighted by Gasteiger charge is -2.12. The van der Waals surface area contributed by atoms with Gasteiger partial charge in [0, 0.05) is 24.7 Å². The van der Waals surface area contributed by atoms with Gasteiger partial charge >= 0.3 is 5.69 Å². The molecule has 1 aliphatic carbocycles. The van der Waals surface area contributed by atoms with Crippen LogP contribution >= 0.6 is 0 Å². The molecule has 0 spiro atoms. The third kappa shape index (κ3) is 2.78. The maximum Gasteiger partial charge on any atom is 0.329 e. The number of pyridine rings is 1. The number of hydrogen-bond donors (Lipinski definition) is 2. The van der Waals surface area contributed by atoms with E-state index in [0.717, 1.165) is 25.0 Å². The van der Waals surface area contributed by atoms with Gasteiger partial charge in [-0.05, 0) is 32.3 Å². The first kappa shape index (κ1) is 15.5. The van der Waals surface area contributed by atoms with Crippen LogP contribution in [0.4, 0.5) is 0 Å². The first-order valence-electron chi connectivity index (χ1n) is 8.02. The van der Waals surface area contributed by atoms with Crippen LogP contribution in [0.2, 0.25) is 0 Å². The van der Waals surface area contributed by atoms with Gasteiger partial charge in [-0.1, -0.05) is 6.92 Å². The van der Waals surface area contributed by atoms with Gasteiger partial charge in [-0.15, -0.1) is 0 Å². The van der Waals surface area contributed by atoms with Crippen molar-refractivity contribution in [2.24, 2.45) is 0 Å². The standard InChI is InChI=1S/C16H20N4O3/c1-3-7-17-14(21)10-8-11(9-5-6-9)18-13-12(10)15(22)19-16(23)20(13)4-2/h8-9H,3-7H2,1-2H3,(H,17,21)(H,19,22,23). The smallest absolute Gasteiger partial charge is 0.329 e. The molecule has 0 unspecified atom stereocenters. The summed E-state index contributed by atoms with van der Waals surface area (Å²) in [6, 6.07) is 1.70. The number of amides is 1. The number of carbonyl (C=O) groups excluding carboxylic acids is 1. The Hall–Kier alpha value is -2.44. The Balaban J connectivity index is 2.30. The minimum atomic E-state index is -0.564. The fraction of sp³-hybridized carbons (Fsp3) is 0.500. The van der Waals surface area contributed by atoms with E-state index in [-0.39, 0.29) is 11.3 Å². The summed E-state index contributed by atoms with van der Waals surface area (Å²) in [6.07, 6.45) is 2.85. The van der Waals surface area contributed by atoms with Crippen molar-refractivity contribution in [1.82, 2.24) is 19.9 Å². The molecule has 1 fully saturated rings. The monoisotopic (exact) mass is 316 g/mol. The molecule has 23 heavy (non-hydrogen) atoms. The number of rotatable bonds is 5. The van der Waals surface area contributed by atoms with Crippen LogP contribution in [0.1, 0.15) is 55.1 Å². The van der Waals surface area contributed by atoms with E-state index in [4.69, 9.17) is 0 Å². The van der Waals surface area contributed by atoms with Crippen LogP contribution in [0.5, 0.6) is 0 Å². The van der Waals surface area contributed by atoms with Crippen LogP contribution in [0.3, 0.4) is 0 Å². The first-order valence-corrected chi connectivity index (χ1v) is 8.02. The Bertz CT molecular complexity index is 877. The van der Waals surface area contributed by atoms with Crippen molar-refractivity contribution >= 4 is 16.9 Å². The normalized spacial score (nSPS) is 14.2. The Morgan fingerprint density at radius 1 is 1.39 bits per heavy atom. The molecule has 7 heteroatoms. The number of hydrogen-bond acceptors (Lipinski definition) is 4. The lowest BCUT2D eigenvalue weighted by Crippen LogP contribution is -2.33. The molecule has 0 atom stereocenters. The highest BCUT2D eigenvalue weighted by Gasteiger charge is 2.28. The molecule has 122 valence electrons. The van der Waals surface area contributed by atoms with E-state index < -0.39 is 11.2 Å². The summed E-state index contributed by atoms with van der Waals surface area (Å²) < 4.78 is 1.40. The third-order valence-corrected chi connectivity index (χ3v) is 4.06. The summed E-state index contributed by atoms with van der Waals surface area (Å²) in [4.78, 5) is 43.5. The number of carbonyl (C=O) groups is 1. The SMILES string of the molecule is CCCNC(=O)c1cc(C2CC2)nc2c1c(=O)[nH]c(=O)n2CC. The molecule has 1 amide bonds. The molecule has 0 saturated heterocycles. The minimum Gasteiger partial charge on any atom is -0.352 e. The van der Waals surface area contributed by atoms with Gasteiger partial charge in [0.1, 0.15) is 0 Å². The molecule has 0 aliphatic heterocycles. The van der Waals surface area contributed by atoms with E-state index in [9.17, 15) is 14.4 Å². The number of aromatic nitrogens is 3. The zero-order valence-corrected chi connectivity index (χ0v) is 13.3. The Morgan fingerprint density at radius 2 is 2.13 bits per heavy atom. The fourth-order valence-corrected chi connectivity index (χ4v) is 2.69. The van der Waals surface area contributed by atoms with Gasteiger partial charge in [-0.2, -0.15) is 0 Å². The van der Waals surface area contributed by atoms with Gasteiger partial charge in [0.25, 0.3) is 11.5 Å². The summed E-state index contributed by atoms with van der Waals surface area (Å²) in [6.45, 7) is 4.68. The summed E-state index contributed by atoms with van der Waals surface area (Å²) in [5, 5.41) is 2.98. The number of H-pyrrole nitrogens is 1. The lowest BCUT2D eigenvalue weighted by atomic mass is 10.1. The second-order valence-corrected chi connectivity index (χ2v) is 5.83. The maximum absolute atomic E-state index is 12.5. The average molecular weight is 316 g/mol. The molecule has 0 aromatic carbocycles.